The molecule has 0 atom stereocenters. The Hall–Kier alpha value is -2.35. The van der Waals surface area contributed by atoms with Gasteiger partial charge in [0.05, 0.1) is 5.69 Å². The zero-order chi connectivity index (χ0) is 11.5. The van der Waals surface area contributed by atoms with Gasteiger partial charge in [-0.25, -0.2) is 0 Å². The molecule has 3 rings (SSSR count). The van der Waals surface area contributed by atoms with Gasteiger partial charge in [-0.3, -0.25) is 5.43 Å². The van der Waals surface area contributed by atoms with E-state index < -0.39 is 0 Å². The van der Waals surface area contributed by atoms with E-state index in [9.17, 15) is 0 Å². The standard InChI is InChI=1S/C15H12N2/c1-2-6-12(7-3-1)13-8-4-10-15-14(13)9-5-11-16-17-15/h1-11,17H. The molecule has 0 bridgehead atoms. The topological polar surface area (TPSA) is 24.4 Å². The maximum Gasteiger partial charge on any atom is 0.0640 e. The zero-order valence-electron chi connectivity index (χ0n) is 9.30. The van der Waals surface area contributed by atoms with Crippen LogP contribution >= 0.6 is 0 Å². The Bertz CT molecular complexity index is 583. The van der Waals surface area contributed by atoms with Gasteiger partial charge in [0.2, 0.25) is 0 Å². The summed E-state index contributed by atoms with van der Waals surface area (Å²) in [5.41, 5.74) is 7.70. The Morgan fingerprint density at radius 3 is 2.65 bits per heavy atom. The van der Waals surface area contributed by atoms with E-state index in [1.54, 1.807) is 6.21 Å². The first-order chi connectivity index (χ1) is 8.45. The predicted molar refractivity (Wildman–Crippen MR) is 73.0 cm³/mol. The summed E-state index contributed by atoms with van der Waals surface area (Å²) in [6.45, 7) is 0. The fourth-order valence-electron chi connectivity index (χ4n) is 2.00. The van der Waals surface area contributed by atoms with Gasteiger partial charge in [-0.05, 0) is 23.3 Å². The van der Waals surface area contributed by atoms with Crippen molar-refractivity contribution in [1.82, 2.24) is 0 Å². The SMILES string of the molecule is C1=Cc2c(cccc2-c2ccccc2)NN=C1. The minimum absolute atomic E-state index is 1.04. The van der Waals surface area contributed by atoms with Crippen LogP contribution in [0.15, 0.2) is 59.7 Å². The van der Waals surface area contributed by atoms with Crippen molar-refractivity contribution in [1.29, 1.82) is 0 Å². The molecule has 0 saturated carbocycles. The number of nitrogens with one attached hydrogen (secondary N) is 1. The molecule has 1 aliphatic rings. The van der Waals surface area contributed by atoms with Crippen LogP contribution in [-0.4, -0.2) is 6.21 Å². The summed E-state index contributed by atoms with van der Waals surface area (Å²) < 4.78 is 0. The number of rotatable bonds is 1. The molecule has 0 saturated heterocycles. The van der Waals surface area contributed by atoms with Gasteiger partial charge >= 0.3 is 0 Å². The van der Waals surface area contributed by atoms with Crippen molar-refractivity contribution in [2.45, 2.75) is 0 Å². The van der Waals surface area contributed by atoms with Crippen molar-refractivity contribution >= 4 is 18.0 Å². The number of fused-ring (bicyclic) bond motifs is 1. The number of hydrazone groups is 1. The van der Waals surface area contributed by atoms with Gasteiger partial charge in [0.15, 0.2) is 0 Å². The molecule has 82 valence electrons. The van der Waals surface area contributed by atoms with Crippen LogP contribution in [0.2, 0.25) is 0 Å². The molecule has 1 N–H and O–H groups in total. The molecule has 2 aromatic rings. The molecule has 0 aliphatic carbocycles. The predicted octanol–water partition coefficient (Wildman–Crippen LogP) is 3.78. The molecule has 0 fully saturated rings. The minimum Gasteiger partial charge on any atom is -0.278 e. The van der Waals surface area contributed by atoms with Gasteiger partial charge < -0.3 is 0 Å². The van der Waals surface area contributed by atoms with E-state index in [2.05, 4.69) is 46.9 Å². The second kappa shape index (κ2) is 4.26. The number of benzene rings is 2. The summed E-state index contributed by atoms with van der Waals surface area (Å²) in [6.07, 6.45) is 5.79. The summed E-state index contributed by atoms with van der Waals surface area (Å²) in [5, 5.41) is 4.09. The molecule has 17 heavy (non-hydrogen) atoms. The van der Waals surface area contributed by atoms with E-state index in [-0.39, 0.29) is 0 Å². The lowest BCUT2D eigenvalue weighted by molar-refractivity contribution is 1.35. The number of allylic oxidation sites excluding steroid dienone is 1. The van der Waals surface area contributed by atoms with E-state index in [1.165, 1.54) is 16.7 Å². The maximum atomic E-state index is 4.09. The third kappa shape index (κ3) is 1.85. The van der Waals surface area contributed by atoms with Crippen molar-refractivity contribution in [3.63, 3.8) is 0 Å². The number of hydrogen-bond donors (Lipinski definition) is 1. The molecule has 0 spiro atoms. The Morgan fingerprint density at radius 1 is 0.882 bits per heavy atom. The first-order valence-electron chi connectivity index (χ1n) is 5.59. The van der Waals surface area contributed by atoms with E-state index in [0.29, 0.717) is 0 Å². The Kier molecular flexibility index (Phi) is 2.47. The summed E-state index contributed by atoms with van der Waals surface area (Å²) in [6, 6.07) is 16.6. The second-order valence-electron chi connectivity index (χ2n) is 3.88. The van der Waals surface area contributed by atoms with Crippen molar-refractivity contribution in [3.8, 4) is 11.1 Å². The third-order valence-electron chi connectivity index (χ3n) is 2.80. The van der Waals surface area contributed by atoms with Gasteiger partial charge in [-0.2, -0.15) is 5.10 Å². The lowest BCUT2D eigenvalue weighted by Gasteiger charge is -2.10. The Morgan fingerprint density at radius 2 is 1.76 bits per heavy atom. The highest BCUT2D eigenvalue weighted by Gasteiger charge is 2.07. The average molecular weight is 220 g/mol. The van der Waals surface area contributed by atoms with E-state index in [0.717, 1.165) is 5.69 Å². The fraction of sp³-hybridized carbons (Fsp3) is 0. The summed E-state index contributed by atoms with van der Waals surface area (Å²) in [4.78, 5) is 0. The molecule has 1 heterocycles. The highest BCUT2D eigenvalue weighted by Crippen LogP contribution is 2.30. The molecule has 2 nitrogen and oxygen atoms in total. The fourth-order valence-corrected chi connectivity index (χ4v) is 2.00. The Balaban J connectivity index is 2.19. The molecule has 0 radical (unpaired) electrons. The van der Waals surface area contributed by atoms with Crippen LogP contribution in [0.4, 0.5) is 5.69 Å². The molecular formula is C15H12N2. The molecule has 0 aromatic heterocycles. The van der Waals surface area contributed by atoms with Crippen LogP contribution in [0.25, 0.3) is 17.2 Å². The van der Waals surface area contributed by atoms with Crippen LogP contribution in [0.1, 0.15) is 5.56 Å². The number of nitrogens with zero attached hydrogens (tertiary/aromatic N) is 1. The van der Waals surface area contributed by atoms with Crippen LogP contribution in [0.5, 0.6) is 0 Å². The molecule has 2 heteroatoms. The van der Waals surface area contributed by atoms with Gasteiger partial charge in [-0.1, -0.05) is 48.5 Å². The van der Waals surface area contributed by atoms with Crippen molar-refractivity contribution < 1.29 is 0 Å². The normalized spacial score (nSPS) is 12.7. The largest absolute Gasteiger partial charge is 0.278 e. The van der Waals surface area contributed by atoms with E-state index >= 15 is 0 Å². The number of hydrogen-bond acceptors (Lipinski definition) is 2. The molecule has 0 unspecified atom stereocenters. The number of anilines is 1. The Labute approximate surface area is 100 Å². The first kappa shape index (κ1) is 9.85. The lowest BCUT2D eigenvalue weighted by Crippen LogP contribution is -1.92. The second-order valence-corrected chi connectivity index (χ2v) is 3.88. The molecular weight excluding hydrogens is 208 g/mol. The minimum atomic E-state index is 1.04. The van der Waals surface area contributed by atoms with Crippen LogP contribution < -0.4 is 5.43 Å². The average Bonchev–Trinajstić information content (AvgIpc) is 2.64. The quantitative estimate of drug-likeness (QED) is 0.777. The summed E-state index contributed by atoms with van der Waals surface area (Å²) in [5.74, 6) is 0. The highest BCUT2D eigenvalue weighted by molar-refractivity contribution is 5.90. The summed E-state index contributed by atoms with van der Waals surface area (Å²) in [7, 11) is 0. The van der Waals surface area contributed by atoms with Crippen molar-refractivity contribution in [2.75, 3.05) is 5.43 Å². The van der Waals surface area contributed by atoms with Crippen molar-refractivity contribution in [3.05, 3.63) is 60.2 Å². The van der Waals surface area contributed by atoms with Gasteiger partial charge in [0, 0.05) is 11.8 Å². The monoisotopic (exact) mass is 220 g/mol. The molecule has 2 aromatic carbocycles. The smallest absolute Gasteiger partial charge is 0.0640 e. The van der Waals surface area contributed by atoms with Gasteiger partial charge in [-0.15, -0.1) is 0 Å². The third-order valence-corrected chi connectivity index (χ3v) is 2.80. The van der Waals surface area contributed by atoms with Crippen LogP contribution in [0.3, 0.4) is 0 Å². The molecule has 1 aliphatic heterocycles. The first-order valence-corrected chi connectivity index (χ1v) is 5.59. The van der Waals surface area contributed by atoms with Gasteiger partial charge in [0.1, 0.15) is 0 Å². The molecule has 0 amide bonds. The van der Waals surface area contributed by atoms with E-state index in [1.807, 2.05) is 24.3 Å². The summed E-state index contributed by atoms with van der Waals surface area (Å²) >= 11 is 0. The van der Waals surface area contributed by atoms with Crippen LogP contribution in [-0.2, 0) is 0 Å². The van der Waals surface area contributed by atoms with E-state index in [4.69, 9.17) is 0 Å². The van der Waals surface area contributed by atoms with Crippen molar-refractivity contribution in [2.24, 2.45) is 5.10 Å². The van der Waals surface area contributed by atoms with Gasteiger partial charge in [0.25, 0.3) is 0 Å². The zero-order valence-corrected chi connectivity index (χ0v) is 9.30. The highest BCUT2D eigenvalue weighted by atomic mass is 15.3. The lowest BCUT2D eigenvalue weighted by atomic mass is 9.98. The maximum absolute atomic E-state index is 4.09. The van der Waals surface area contributed by atoms with Crippen LogP contribution in [0, 0.1) is 0 Å².